The van der Waals surface area contributed by atoms with Gasteiger partial charge in [-0.1, -0.05) is 12.1 Å². The summed E-state index contributed by atoms with van der Waals surface area (Å²) < 4.78 is 43.0. The molecular formula is C10H7F3N4O. The third-order valence-corrected chi connectivity index (χ3v) is 1.96. The molecular weight excluding hydrogens is 249 g/mol. The van der Waals surface area contributed by atoms with Gasteiger partial charge in [-0.25, -0.2) is 4.98 Å². The lowest BCUT2D eigenvalue weighted by Gasteiger charge is -2.11. The highest BCUT2D eigenvalue weighted by Crippen LogP contribution is 2.37. The summed E-state index contributed by atoms with van der Waals surface area (Å²) in [5, 5.41) is 0. The number of rotatable bonds is 2. The van der Waals surface area contributed by atoms with Gasteiger partial charge in [-0.2, -0.15) is 23.1 Å². The summed E-state index contributed by atoms with van der Waals surface area (Å²) >= 11 is 0. The predicted octanol–water partition coefficient (Wildman–Crippen LogP) is 2.26. The molecule has 94 valence electrons. The highest BCUT2D eigenvalue weighted by Gasteiger charge is 2.34. The molecule has 1 aromatic carbocycles. The Bertz CT molecular complexity index is 559. The lowest BCUT2D eigenvalue weighted by Crippen LogP contribution is -2.07. The summed E-state index contributed by atoms with van der Waals surface area (Å²) in [6.07, 6.45) is -3.47. The third-order valence-electron chi connectivity index (χ3n) is 1.96. The zero-order valence-electron chi connectivity index (χ0n) is 8.85. The molecule has 5 nitrogen and oxygen atoms in total. The molecule has 0 aliphatic carbocycles. The van der Waals surface area contributed by atoms with E-state index in [2.05, 4.69) is 15.0 Å². The number of nitrogens with two attached hydrogens (primary N) is 1. The number of anilines is 1. The molecule has 2 rings (SSSR count). The number of ether oxygens (including phenoxy) is 1. The van der Waals surface area contributed by atoms with Crippen molar-refractivity contribution in [2.75, 3.05) is 5.73 Å². The first kappa shape index (κ1) is 12.1. The van der Waals surface area contributed by atoms with Crippen LogP contribution in [-0.4, -0.2) is 15.0 Å². The SMILES string of the molecule is Nc1ncnc(Oc2ccccc2C(F)(F)F)n1. The Labute approximate surface area is 99.5 Å². The molecule has 0 saturated heterocycles. The fourth-order valence-corrected chi connectivity index (χ4v) is 1.23. The van der Waals surface area contributed by atoms with Gasteiger partial charge >= 0.3 is 12.2 Å². The Morgan fingerprint density at radius 1 is 1.11 bits per heavy atom. The van der Waals surface area contributed by atoms with Crippen LogP contribution < -0.4 is 10.5 Å². The second kappa shape index (κ2) is 4.47. The lowest BCUT2D eigenvalue weighted by molar-refractivity contribution is -0.138. The Kier molecular flexibility index (Phi) is 3.00. The first-order valence-corrected chi connectivity index (χ1v) is 4.75. The molecule has 2 aromatic rings. The molecule has 0 aliphatic rings. The molecule has 2 N–H and O–H groups in total. The van der Waals surface area contributed by atoms with Gasteiger partial charge in [0.25, 0.3) is 0 Å². The van der Waals surface area contributed by atoms with E-state index in [1.165, 1.54) is 18.2 Å². The van der Waals surface area contributed by atoms with E-state index in [0.717, 1.165) is 12.4 Å². The number of benzene rings is 1. The van der Waals surface area contributed by atoms with Crippen molar-refractivity contribution < 1.29 is 17.9 Å². The summed E-state index contributed by atoms with van der Waals surface area (Å²) in [5.41, 5.74) is 4.36. The molecule has 0 saturated carbocycles. The smallest absolute Gasteiger partial charge is 0.419 e. The minimum Gasteiger partial charge on any atom is -0.424 e. The standard InChI is InChI=1S/C10H7F3N4O/c11-10(12,13)6-3-1-2-4-7(6)18-9-16-5-15-8(14)17-9/h1-5H,(H2,14,15,16,17). The first-order valence-electron chi connectivity index (χ1n) is 4.75. The van der Waals surface area contributed by atoms with E-state index >= 15 is 0 Å². The fraction of sp³-hybridized carbons (Fsp3) is 0.100. The third kappa shape index (κ3) is 2.65. The van der Waals surface area contributed by atoms with Gasteiger partial charge in [0.1, 0.15) is 12.1 Å². The van der Waals surface area contributed by atoms with Gasteiger partial charge < -0.3 is 10.5 Å². The number of alkyl halides is 3. The van der Waals surface area contributed by atoms with E-state index in [1.54, 1.807) is 0 Å². The minimum absolute atomic E-state index is 0.135. The van der Waals surface area contributed by atoms with Crippen molar-refractivity contribution in [2.45, 2.75) is 6.18 Å². The molecule has 18 heavy (non-hydrogen) atoms. The number of hydrogen-bond acceptors (Lipinski definition) is 5. The molecule has 8 heteroatoms. The van der Waals surface area contributed by atoms with Gasteiger partial charge in [-0.05, 0) is 12.1 Å². The van der Waals surface area contributed by atoms with Crippen LogP contribution >= 0.6 is 0 Å². The van der Waals surface area contributed by atoms with Gasteiger partial charge in [-0.15, -0.1) is 0 Å². The number of nitrogens with zero attached hydrogens (tertiary/aromatic N) is 3. The zero-order chi connectivity index (χ0) is 13.2. The predicted molar refractivity (Wildman–Crippen MR) is 55.8 cm³/mol. The van der Waals surface area contributed by atoms with Crippen LogP contribution in [0, 0.1) is 0 Å². The Balaban J connectivity index is 2.35. The van der Waals surface area contributed by atoms with Gasteiger partial charge in [0.15, 0.2) is 0 Å². The maximum atomic E-state index is 12.7. The molecule has 0 unspecified atom stereocenters. The van der Waals surface area contributed by atoms with Crippen molar-refractivity contribution in [2.24, 2.45) is 0 Å². The molecule has 1 aromatic heterocycles. The van der Waals surface area contributed by atoms with Crippen LogP contribution in [0.3, 0.4) is 0 Å². The quantitative estimate of drug-likeness (QED) is 0.892. The summed E-state index contributed by atoms with van der Waals surface area (Å²) in [6, 6.07) is 4.45. The monoisotopic (exact) mass is 256 g/mol. The van der Waals surface area contributed by atoms with E-state index in [4.69, 9.17) is 10.5 Å². The Morgan fingerprint density at radius 3 is 2.50 bits per heavy atom. The van der Waals surface area contributed by atoms with Crippen LogP contribution in [0.4, 0.5) is 19.1 Å². The van der Waals surface area contributed by atoms with E-state index in [9.17, 15) is 13.2 Å². The maximum Gasteiger partial charge on any atom is 0.419 e. The number of para-hydroxylation sites is 1. The highest BCUT2D eigenvalue weighted by atomic mass is 19.4. The van der Waals surface area contributed by atoms with Crippen molar-refractivity contribution in [1.29, 1.82) is 0 Å². The largest absolute Gasteiger partial charge is 0.424 e. The van der Waals surface area contributed by atoms with Crippen molar-refractivity contribution in [3.63, 3.8) is 0 Å². The molecule has 0 amide bonds. The molecule has 0 bridgehead atoms. The van der Waals surface area contributed by atoms with E-state index < -0.39 is 17.5 Å². The summed E-state index contributed by atoms with van der Waals surface area (Å²) in [7, 11) is 0. The van der Waals surface area contributed by atoms with Gasteiger partial charge in [-0.3, -0.25) is 0 Å². The van der Waals surface area contributed by atoms with Crippen LogP contribution in [0.15, 0.2) is 30.6 Å². The Morgan fingerprint density at radius 2 is 1.83 bits per heavy atom. The number of halogens is 3. The average molecular weight is 256 g/mol. The van der Waals surface area contributed by atoms with Crippen LogP contribution in [0.2, 0.25) is 0 Å². The molecule has 0 fully saturated rings. The highest BCUT2D eigenvalue weighted by molar-refractivity contribution is 5.37. The summed E-state index contributed by atoms with van der Waals surface area (Å²) in [6.45, 7) is 0. The summed E-state index contributed by atoms with van der Waals surface area (Å²) in [4.78, 5) is 10.6. The second-order valence-corrected chi connectivity index (χ2v) is 3.22. The van der Waals surface area contributed by atoms with Crippen LogP contribution in [0.5, 0.6) is 11.8 Å². The van der Waals surface area contributed by atoms with Crippen LogP contribution in [0.1, 0.15) is 5.56 Å². The van der Waals surface area contributed by atoms with Gasteiger partial charge in [0.05, 0.1) is 5.56 Å². The minimum atomic E-state index is -4.52. The molecule has 1 heterocycles. The van der Waals surface area contributed by atoms with Crippen molar-refractivity contribution in [1.82, 2.24) is 15.0 Å². The van der Waals surface area contributed by atoms with Crippen molar-refractivity contribution in [3.8, 4) is 11.8 Å². The molecule has 0 atom stereocenters. The number of nitrogen functional groups attached to an aromatic ring is 1. The van der Waals surface area contributed by atoms with E-state index in [-0.39, 0.29) is 12.0 Å². The molecule has 0 radical (unpaired) electrons. The lowest BCUT2D eigenvalue weighted by atomic mass is 10.2. The number of hydrogen-bond donors (Lipinski definition) is 1. The Hall–Kier alpha value is -2.38. The maximum absolute atomic E-state index is 12.7. The van der Waals surface area contributed by atoms with E-state index in [0.29, 0.717) is 0 Å². The average Bonchev–Trinajstić information content (AvgIpc) is 2.28. The van der Waals surface area contributed by atoms with Gasteiger partial charge in [0.2, 0.25) is 5.95 Å². The van der Waals surface area contributed by atoms with Gasteiger partial charge in [0, 0.05) is 0 Å². The zero-order valence-corrected chi connectivity index (χ0v) is 8.85. The van der Waals surface area contributed by atoms with Crippen LogP contribution in [0.25, 0.3) is 0 Å². The number of aromatic nitrogens is 3. The topological polar surface area (TPSA) is 73.9 Å². The summed E-state index contributed by atoms with van der Waals surface area (Å²) in [5.74, 6) is -0.528. The van der Waals surface area contributed by atoms with Crippen molar-refractivity contribution in [3.05, 3.63) is 36.2 Å². The van der Waals surface area contributed by atoms with E-state index in [1.807, 2.05) is 0 Å². The van der Waals surface area contributed by atoms with Crippen LogP contribution in [-0.2, 0) is 6.18 Å². The molecule has 0 aliphatic heterocycles. The fourth-order valence-electron chi connectivity index (χ4n) is 1.23. The second-order valence-electron chi connectivity index (χ2n) is 3.22. The normalized spacial score (nSPS) is 11.3. The molecule has 0 spiro atoms. The van der Waals surface area contributed by atoms with Crippen molar-refractivity contribution >= 4 is 5.95 Å². The first-order chi connectivity index (χ1) is 8.47.